The van der Waals surface area contributed by atoms with Crippen molar-refractivity contribution in [3.63, 3.8) is 0 Å². The fourth-order valence-electron chi connectivity index (χ4n) is 3.23. The van der Waals surface area contributed by atoms with Gasteiger partial charge in [-0.1, -0.05) is 18.9 Å². The summed E-state index contributed by atoms with van der Waals surface area (Å²) in [7, 11) is 0. The first kappa shape index (κ1) is 17.6. The molecule has 3 N–H and O–H groups in total. The van der Waals surface area contributed by atoms with Crippen LogP contribution in [0.2, 0.25) is 0 Å². The molecule has 2 aromatic heterocycles. The number of anilines is 2. The average molecular weight is 341 g/mol. The van der Waals surface area contributed by atoms with Crippen LogP contribution in [-0.2, 0) is 6.54 Å². The van der Waals surface area contributed by atoms with E-state index in [0.29, 0.717) is 12.5 Å². The number of nitrogens with zero attached hydrogens (tertiary/aromatic N) is 3. The maximum absolute atomic E-state index is 10.6. The molecule has 0 aromatic carbocycles. The number of hydrogen-bond donors (Lipinski definition) is 3. The van der Waals surface area contributed by atoms with Crippen molar-refractivity contribution in [1.82, 2.24) is 15.0 Å². The van der Waals surface area contributed by atoms with Gasteiger partial charge in [-0.2, -0.15) is 4.98 Å². The lowest BCUT2D eigenvalue weighted by atomic mass is 9.82. The monoisotopic (exact) mass is 341 g/mol. The highest BCUT2D eigenvalue weighted by atomic mass is 16.3. The van der Waals surface area contributed by atoms with E-state index in [9.17, 15) is 5.11 Å². The normalized spacial score (nSPS) is 23.3. The molecule has 2 atom stereocenters. The molecule has 0 bridgehead atoms. The largest absolute Gasteiger partial charge is 0.388 e. The minimum absolute atomic E-state index is 0.0119. The van der Waals surface area contributed by atoms with E-state index in [1.165, 1.54) is 0 Å². The summed E-state index contributed by atoms with van der Waals surface area (Å²) < 4.78 is 0. The van der Waals surface area contributed by atoms with Crippen molar-refractivity contribution in [1.29, 1.82) is 0 Å². The summed E-state index contributed by atoms with van der Waals surface area (Å²) in [6.45, 7) is 6.47. The molecule has 0 saturated heterocycles. The zero-order valence-electron chi connectivity index (χ0n) is 15.2. The molecular formula is C19H27N5O. The highest BCUT2D eigenvalue weighted by molar-refractivity contribution is 5.50. The molecule has 1 saturated carbocycles. The van der Waals surface area contributed by atoms with Crippen molar-refractivity contribution in [3.8, 4) is 0 Å². The number of hydrogen-bond acceptors (Lipinski definition) is 6. The van der Waals surface area contributed by atoms with Crippen LogP contribution >= 0.6 is 0 Å². The molecule has 0 amide bonds. The second-order valence-electron chi connectivity index (χ2n) is 7.08. The second-order valence-corrected chi connectivity index (χ2v) is 7.08. The third kappa shape index (κ3) is 4.25. The summed E-state index contributed by atoms with van der Waals surface area (Å²) in [5.41, 5.74) is 2.18. The molecule has 2 unspecified atom stereocenters. The van der Waals surface area contributed by atoms with Crippen LogP contribution in [0.3, 0.4) is 0 Å². The Hall–Kier alpha value is -2.21. The van der Waals surface area contributed by atoms with Gasteiger partial charge in [-0.25, -0.2) is 4.98 Å². The molecule has 0 aliphatic heterocycles. The van der Waals surface area contributed by atoms with Gasteiger partial charge in [0, 0.05) is 17.5 Å². The Bertz CT molecular complexity index is 717. The Kier molecular flexibility index (Phi) is 5.18. The molecule has 2 heterocycles. The van der Waals surface area contributed by atoms with Crippen molar-refractivity contribution in [2.24, 2.45) is 0 Å². The lowest BCUT2D eigenvalue weighted by Crippen LogP contribution is -2.47. The molecule has 6 heteroatoms. The van der Waals surface area contributed by atoms with E-state index in [-0.39, 0.29) is 6.04 Å². The molecular weight excluding hydrogens is 314 g/mol. The number of aryl methyl sites for hydroxylation is 1. The molecule has 1 aliphatic carbocycles. The van der Waals surface area contributed by atoms with E-state index >= 15 is 0 Å². The first-order chi connectivity index (χ1) is 12.0. The minimum atomic E-state index is -0.703. The van der Waals surface area contributed by atoms with Crippen LogP contribution in [0.25, 0.3) is 0 Å². The Morgan fingerprint density at radius 1 is 1.24 bits per heavy atom. The van der Waals surface area contributed by atoms with Gasteiger partial charge in [0.25, 0.3) is 0 Å². The fraction of sp³-hybridized carbons (Fsp3) is 0.526. The number of aromatic nitrogens is 3. The van der Waals surface area contributed by atoms with Crippen molar-refractivity contribution >= 4 is 11.8 Å². The second kappa shape index (κ2) is 7.35. The first-order valence-electron chi connectivity index (χ1n) is 8.93. The van der Waals surface area contributed by atoms with E-state index < -0.39 is 5.60 Å². The molecule has 0 radical (unpaired) electrons. The number of pyridine rings is 1. The number of rotatable bonds is 5. The van der Waals surface area contributed by atoms with E-state index in [4.69, 9.17) is 0 Å². The zero-order valence-corrected chi connectivity index (χ0v) is 15.2. The van der Waals surface area contributed by atoms with Gasteiger partial charge in [-0.15, -0.1) is 0 Å². The molecule has 0 spiro atoms. The smallest absolute Gasteiger partial charge is 0.225 e. The van der Waals surface area contributed by atoms with Crippen LogP contribution in [0.15, 0.2) is 24.4 Å². The van der Waals surface area contributed by atoms with Crippen molar-refractivity contribution in [2.45, 2.75) is 64.6 Å². The summed E-state index contributed by atoms with van der Waals surface area (Å²) >= 11 is 0. The van der Waals surface area contributed by atoms with Crippen molar-refractivity contribution in [2.75, 3.05) is 10.6 Å². The third-order valence-corrected chi connectivity index (χ3v) is 5.03. The van der Waals surface area contributed by atoms with Gasteiger partial charge in [0.05, 0.1) is 23.9 Å². The number of nitrogens with one attached hydrogen (secondary N) is 2. The Labute approximate surface area is 149 Å². The SMILES string of the molecule is Cc1nc(NCc2ccccn2)nc(NC2CCCCC2(C)O)c1C. The van der Waals surface area contributed by atoms with Gasteiger partial charge >= 0.3 is 0 Å². The number of aliphatic hydroxyl groups is 1. The molecule has 1 aliphatic rings. The summed E-state index contributed by atoms with van der Waals surface area (Å²) in [5, 5.41) is 17.3. The van der Waals surface area contributed by atoms with Gasteiger partial charge in [0.2, 0.25) is 5.95 Å². The van der Waals surface area contributed by atoms with Gasteiger partial charge in [-0.05, 0) is 45.7 Å². The van der Waals surface area contributed by atoms with Crippen LogP contribution in [-0.4, -0.2) is 31.7 Å². The summed E-state index contributed by atoms with van der Waals surface area (Å²) in [4.78, 5) is 13.5. The molecule has 3 rings (SSSR count). The predicted octanol–water partition coefficient (Wildman–Crippen LogP) is 3.21. The van der Waals surface area contributed by atoms with Gasteiger partial charge in [0.15, 0.2) is 0 Å². The van der Waals surface area contributed by atoms with Crippen LogP contribution in [0.1, 0.15) is 49.6 Å². The first-order valence-corrected chi connectivity index (χ1v) is 8.93. The maximum Gasteiger partial charge on any atom is 0.225 e. The topological polar surface area (TPSA) is 83.0 Å². The van der Waals surface area contributed by atoms with Crippen LogP contribution in [0.4, 0.5) is 11.8 Å². The van der Waals surface area contributed by atoms with E-state index in [1.807, 2.05) is 39.0 Å². The highest BCUT2D eigenvalue weighted by Crippen LogP contribution is 2.31. The van der Waals surface area contributed by atoms with E-state index in [0.717, 1.165) is 48.5 Å². The average Bonchev–Trinajstić information content (AvgIpc) is 2.59. The van der Waals surface area contributed by atoms with Crippen molar-refractivity contribution < 1.29 is 5.11 Å². The molecule has 1 fully saturated rings. The summed E-state index contributed by atoms with van der Waals surface area (Å²) in [5.74, 6) is 1.37. The minimum Gasteiger partial charge on any atom is -0.388 e. The van der Waals surface area contributed by atoms with Crippen molar-refractivity contribution in [3.05, 3.63) is 41.3 Å². The van der Waals surface area contributed by atoms with Gasteiger partial charge in [0.1, 0.15) is 5.82 Å². The summed E-state index contributed by atoms with van der Waals surface area (Å²) in [6, 6.07) is 5.84. The lowest BCUT2D eigenvalue weighted by Gasteiger charge is -2.38. The Balaban J connectivity index is 1.76. The quantitative estimate of drug-likeness (QED) is 0.774. The Morgan fingerprint density at radius 2 is 2.08 bits per heavy atom. The molecule has 2 aromatic rings. The third-order valence-electron chi connectivity index (χ3n) is 5.03. The fourth-order valence-corrected chi connectivity index (χ4v) is 3.23. The van der Waals surface area contributed by atoms with E-state index in [1.54, 1.807) is 6.20 Å². The van der Waals surface area contributed by atoms with Gasteiger partial charge < -0.3 is 15.7 Å². The molecule has 25 heavy (non-hydrogen) atoms. The summed E-state index contributed by atoms with van der Waals surface area (Å²) in [6.07, 6.45) is 5.74. The van der Waals surface area contributed by atoms with E-state index in [2.05, 4.69) is 25.6 Å². The zero-order chi connectivity index (χ0) is 17.9. The maximum atomic E-state index is 10.6. The standard InChI is InChI=1S/C19H27N5O/c1-13-14(2)22-18(21-12-15-8-5-7-11-20-15)24-17(13)23-16-9-4-6-10-19(16,3)25/h5,7-8,11,16,25H,4,6,9-10,12H2,1-3H3,(H2,21,22,23,24). The molecule has 6 nitrogen and oxygen atoms in total. The lowest BCUT2D eigenvalue weighted by molar-refractivity contribution is 0.0104. The van der Waals surface area contributed by atoms with Crippen LogP contribution in [0, 0.1) is 13.8 Å². The predicted molar refractivity (Wildman–Crippen MR) is 99.6 cm³/mol. The molecule has 134 valence electrons. The van der Waals surface area contributed by atoms with Gasteiger partial charge in [-0.3, -0.25) is 4.98 Å². The van der Waals surface area contributed by atoms with Crippen LogP contribution < -0.4 is 10.6 Å². The highest BCUT2D eigenvalue weighted by Gasteiger charge is 2.34. The van der Waals surface area contributed by atoms with Crippen LogP contribution in [0.5, 0.6) is 0 Å². The Morgan fingerprint density at radius 3 is 2.80 bits per heavy atom.